The van der Waals surface area contributed by atoms with Gasteiger partial charge in [-0.3, -0.25) is 0 Å². The van der Waals surface area contributed by atoms with Crippen LogP contribution in [0.3, 0.4) is 0 Å². The Morgan fingerprint density at radius 3 is 2.88 bits per heavy atom. The van der Waals surface area contributed by atoms with Crippen LogP contribution in [0.4, 0.5) is 4.39 Å². The number of benzene rings is 1. The molecule has 1 heterocycles. The zero-order valence-electron chi connectivity index (χ0n) is 8.85. The summed E-state index contributed by atoms with van der Waals surface area (Å²) in [5.74, 6) is 0.192. The lowest BCUT2D eigenvalue weighted by Crippen LogP contribution is -2.08. The van der Waals surface area contributed by atoms with Crippen LogP contribution in [-0.4, -0.2) is 10.1 Å². The average molecular weight is 221 g/mol. The molecule has 0 radical (unpaired) electrons. The molecule has 2 N–H and O–H groups in total. The number of hydrogen-bond acceptors (Lipinski definition) is 4. The van der Waals surface area contributed by atoms with Crippen molar-refractivity contribution in [1.29, 1.82) is 0 Å². The fourth-order valence-corrected chi connectivity index (χ4v) is 1.31. The van der Waals surface area contributed by atoms with Gasteiger partial charge in [-0.25, -0.2) is 4.39 Å². The van der Waals surface area contributed by atoms with Crippen LogP contribution in [-0.2, 0) is 0 Å². The van der Waals surface area contributed by atoms with Crippen molar-refractivity contribution in [1.82, 2.24) is 10.1 Å². The van der Waals surface area contributed by atoms with Crippen molar-refractivity contribution >= 4 is 0 Å². The summed E-state index contributed by atoms with van der Waals surface area (Å²) in [5, 5.41) is 3.71. The monoisotopic (exact) mass is 221 g/mol. The van der Waals surface area contributed by atoms with Crippen LogP contribution in [0.1, 0.15) is 25.3 Å². The molecule has 0 aliphatic carbocycles. The topological polar surface area (TPSA) is 64.9 Å². The smallest absolute Gasteiger partial charge is 0.243 e. The minimum atomic E-state index is -0.375. The molecule has 2 rings (SSSR count). The van der Waals surface area contributed by atoms with Crippen molar-refractivity contribution in [2.24, 2.45) is 5.73 Å². The van der Waals surface area contributed by atoms with E-state index in [1.807, 2.05) is 6.92 Å². The molecular weight excluding hydrogens is 209 g/mol. The first-order valence-corrected chi connectivity index (χ1v) is 5.06. The molecule has 0 amide bonds. The van der Waals surface area contributed by atoms with Gasteiger partial charge in [-0.2, -0.15) is 4.98 Å². The van der Waals surface area contributed by atoms with Gasteiger partial charge in [0.25, 0.3) is 0 Å². The first-order chi connectivity index (χ1) is 7.72. The molecule has 5 heteroatoms. The van der Waals surface area contributed by atoms with Gasteiger partial charge >= 0.3 is 0 Å². The van der Waals surface area contributed by atoms with E-state index in [4.69, 9.17) is 10.3 Å². The van der Waals surface area contributed by atoms with Gasteiger partial charge in [-0.1, -0.05) is 24.2 Å². The van der Waals surface area contributed by atoms with Crippen LogP contribution < -0.4 is 5.73 Å². The molecule has 0 aliphatic rings. The van der Waals surface area contributed by atoms with Crippen LogP contribution in [0.25, 0.3) is 11.4 Å². The van der Waals surface area contributed by atoms with Gasteiger partial charge < -0.3 is 10.3 Å². The van der Waals surface area contributed by atoms with E-state index < -0.39 is 0 Å². The molecule has 0 saturated carbocycles. The second-order valence-electron chi connectivity index (χ2n) is 3.45. The zero-order valence-corrected chi connectivity index (χ0v) is 8.85. The Labute approximate surface area is 92.3 Å². The molecule has 0 unspecified atom stereocenters. The second-order valence-corrected chi connectivity index (χ2v) is 3.45. The van der Waals surface area contributed by atoms with Crippen LogP contribution in [0.2, 0.25) is 0 Å². The van der Waals surface area contributed by atoms with E-state index in [-0.39, 0.29) is 17.7 Å². The highest BCUT2D eigenvalue weighted by atomic mass is 19.1. The Bertz CT molecular complexity index is 484. The van der Waals surface area contributed by atoms with E-state index >= 15 is 0 Å². The molecule has 16 heavy (non-hydrogen) atoms. The van der Waals surface area contributed by atoms with Gasteiger partial charge in [-0.15, -0.1) is 0 Å². The van der Waals surface area contributed by atoms with Gasteiger partial charge in [0.1, 0.15) is 5.82 Å². The highest BCUT2D eigenvalue weighted by molar-refractivity contribution is 5.54. The third kappa shape index (κ3) is 1.94. The number of halogens is 1. The Kier molecular flexibility index (Phi) is 2.96. The fraction of sp³-hybridized carbons (Fsp3) is 0.273. The van der Waals surface area contributed by atoms with Gasteiger partial charge in [0, 0.05) is 0 Å². The second kappa shape index (κ2) is 4.40. The highest BCUT2D eigenvalue weighted by Gasteiger charge is 2.15. The lowest BCUT2D eigenvalue weighted by atomic mass is 10.2. The molecule has 0 bridgehead atoms. The standard InChI is InChI=1S/C11H12FN3O/c1-2-9(13)11-14-10(15-16-11)7-5-3-4-6-8(7)12/h3-6,9H,2,13H2,1H3/t9-/m0/s1. The maximum Gasteiger partial charge on any atom is 0.243 e. The number of aromatic nitrogens is 2. The zero-order chi connectivity index (χ0) is 11.5. The summed E-state index contributed by atoms with van der Waals surface area (Å²) in [6, 6.07) is 5.98. The van der Waals surface area contributed by atoms with Crippen molar-refractivity contribution < 1.29 is 8.91 Å². The summed E-state index contributed by atoms with van der Waals surface area (Å²) in [4.78, 5) is 4.07. The molecule has 0 spiro atoms. The minimum Gasteiger partial charge on any atom is -0.337 e. The fourth-order valence-electron chi connectivity index (χ4n) is 1.31. The van der Waals surface area contributed by atoms with Crippen LogP contribution in [0, 0.1) is 5.82 Å². The molecule has 1 aromatic carbocycles. The van der Waals surface area contributed by atoms with Crippen molar-refractivity contribution in [3.63, 3.8) is 0 Å². The van der Waals surface area contributed by atoms with Crippen LogP contribution in [0.15, 0.2) is 28.8 Å². The molecule has 0 aliphatic heterocycles. The Hall–Kier alpha value is -1.75. The minimum absolute atomic E-state index is 0.233. The molecule has 0 fully saturated rings. The van der Waals surface area contributed by atoms with Gasteiger partial charge in [0.2, 0.25) is 11.7 Å². The van der Waals surface area contributed by atoms with Crippen LogP contribution in [0.5, 0.6) is 0 Å². The van der Waals surface area contributed by atoms with E-state index in [1.165, 1.54) is 6.07 Å². The average Bonchev–Trinajstić information content (AvgIpc) is 2.78. The first-order valence-electron chi connectivity index (χ1n) is 5.06. The maximum atomic E-state index is 13.4. The van der Waals surface area contributed by atoms with E-state index in [1.54, 1.807) is 18.2 Å². The number of nitrogens with zero attached hydrogens (tertiary/aromatic N) is 2. The van der Waals surface area contributed by atoms with Gasteiger partial charge in [0.05, 0.1) is 11.6 Å². The Morgan fingerprint density at radius 1 is 1.44 bits per heavy atom. The number of rotatable bonds is 3. The summed E-state index contributed by atoms with van der Waals surface area (Å²) in [5.41, 5.74) is 6.05. The molecule has 0 saturated heterocycles. The maximum absolute atomic E-state index is 13.4. The van der Waals surface area contributed by atoms with Crippen molar-refractivity contribution in [3.8, 4) is 11.4 Å². The van der Waals surface area contributed by atoms with E-state index in [0.717, 1.165) is 0 Å². The van der Waals surface area contributed by atoms with E-state index in [0.29, 0.717) is 17.9 Å². The summed E-state index contributed by atoms with van der Waals surface area (Å²) in [7, 11) is 0. The number of hydrogen-bond donors (Lipinski definition) is 1. The van der Waals surface area contributed by atoms with Crippen molar-refractivity contribution in [2.45, 2.75) is 19.4 Å². The SMILES string of the molecule is CC[C@H](N)c1nc(-c2ccccc2F)no1. The largest absolute Gasteiger partial charge is 0.337 e. The molecular formula is C11H12FN3O. The summed E-state index contributed by atoms with van der Waals surface area (Å²) < 4.78 is 18.4. The van der Waals surface area contributed by atoms with Gasteiger partial charge in [-0.05, 0) is 18.6 Å². The Balaban J connectivity index is 2.35. The van der Waals surface area contributed by atoms with Gasteiger partial charge in [0.15, 0.2) is 0 Å². The lowest BCUT2D eigenvalue weighted by Gasteiger charge is -1.99. The van der Waals surface area contributed by atoms with E-state index in [2.05, 4.69) is 10.1 Å². The van der Waals surface area contributed by atoms with Crippen molar-refractivity contribution in [3.05, 3.63) is 36.0 Å². The van der Waals surface area contributed by atoms with E-state index in [9.17, 15) is 4.39 Å². The molecule has 1 atom stereocenters. The molecule has 4 nitrogen and oxygen atoms in total. The lowest BCUT2D eigenvalue weighted by molar-refractivity contribution is 0.352. The molecule has 84 valence electrons. The first kappa shape index (κ1) is 10.8. The Morgan fingerprint density at radius 2 is 2.19 bits per heavy atom. The number of nitrogens with two attached hydrogens (primary N) is 1. The quantitative estimate of drug-likeness (QED) is 0.863. The summed E-state index contributed by atoms with van der Waals surface area (Å²) in [6.45, 7) is 1.91. The predicted octanol–water partition coefficient (Wildman–Crippen LogP) is 2.29. The van der Waals surface area contributed by atoms with Crippen LogP contribution >= 0.6 is 0 Å². The highest BCUT2D eigenvalue weighted by Crippen LogP contribution is 2.21. The molecule has 2 aromatic rings. The predicted molar refractivity (Wildman–Crippen MR) is 56.9 cm³/mol. The summed E-state index contributed by atoms with van der Waals surface area (Å²) in [6.07, 6.45) is 0.693. The molecule has 1 aromatic heterocycles. The van der Waals surface area contributed by atoms with Crippen molar-refractivity contribution in [2.75, 3.05) is 0 Å². The third-order valence-corrected chi connectivity index (χ3v) is 2.31. The summed E-state index contributed by atoms with van der Waals surface area (Å²) >= 11 is 0. The third-order valence-electron chi connectivity index (χ3n) is 2.31. The normalized spacial score (nSPS) is 12.7.